The lowest BCUT2D eigenvalue weighted by molar-refractivity contribution is 0.0350. The van der Waals surface area contributed by atoms with Crippen molar-refractivity contribution < 1.29 is 17.9 Å². The van der Waals surface area contributed by atoms with Gasteiger partial charge in [0.25, 0.3) is 15.0 Å². The molecule has 0 aromatic heterocycles. The summed E-state index contributed by atoms with van der Waals surface area (Å²) < 4.78 is 28.1. The molecule has 0 radical (unpaired) electrons. The number of carbonyl (C=O) groups is 1. The van der Waals surface area contributed by atoms with Crippen molar-refractivity contribution in [3.63, 3.8) is 0 Å². The van der Waals surface area contributed by atoms with Crippen LogP contribution in [0.4, 0.5) is 0 Å². The molecule has 1 aromatic rings. The second-order valence-corrected chi connectivity index (χ2v) is 7.75. The molecular weight excluding hydrogens is 337 g/mol. The summed E-state index contributed by atoms with van der Waals surface area (Å²) >= 11 is 5.80. The SMILES string of the molecule is COC1CCN(C(=O)c2ccc(Cl)c(S(=O)(=O)Cl)c2)CC1. The van der Waals surface area contributed by atoms with Gasteiger partial charge in [0.2, 0.25) is 0 Å². The van der Waals surface area contributed by atoms with Gasteiger partial charge in [-0.15, -0.1) is 0 Å². The molecule has 1 fully saturated rings. The fraction of sp³-hybridized carbons (Fsp3) is 0.462. The number of ether oxygens (including phenoxy) is 1. The second kappa shape index (κ2) is 6.52. The van der Waals surface area contributed by atoms with E-state index in [0.29, 0.717) is 13.1 Å². The van der Waals surface area contributed by atoms with Gasteiger partial charge < -0.3 is 9.64 Å². The van der Waals surface area contributed by atoms with Gasteiger partial charge >= 0.3 is 0 Å². The van der Waals surface area contributed by atoms with E-state index in [1.807, 2.05) is 0 Å². The van der Waals surface area contributed by atoms with Crippen LogP contribution in [0, 0.1) is 0 Å². The molecule has 8 heteroatoms. The van der Waals surface area contributed by atoms with Gasteiger partial charge in [-0.1, -0.05) is 11.6 Å². The molecule has 116 valence electrons. The Hall–Kier alpha value is -0.820. The first-order chi connectivity index (χ1) is 9.82. The van der Waals surface area contributed by atoms with E-state index in [1.165, 1.54) is 18.2 Å². The van der Waals surface area contributed by atoms with Gasteiger partial charge in [0.05, 0.1) is 11.1 Å². The highest BCUT2D eigenvalue weighted by atomic mass is 35.7. The van der Waals surface area contributed by atoms with Crippen LogP contribution >= 0.6 is 22.3 Å². The van der Waals surface area contributed by atoms with Crippen molar-refractivity contribution in [1.82, 2.24) is 4.90 Å². The Balaban J connectivity index is 2.21. The lowest BCUT2D eigenvalue weighted by atomic mass is 10.1. The van der Waals surface area contributed by atoms with E-state index in [9.17, 15) is 13.2 Å². The van der Waals surface area contributed by atoms with E-state index in [2.05, 4.69) is 0 Å². The quantitative estimate of drug-likeness (QED) is 0.785. The molecule has 1 heterocycles. The van der Waals surface area contributed by atoms with Gasteiger partial charge in [-0.05, 0) is 31.0 Å². The fourth-order valence-corrected chi connectivity index (χ4v) is 3.79. The normalized spacial score (nSPS) is 17.0. The Morgan fingerprint density at radius 3 is 2.48 bits per heavy atom. The minimum absolute atomic E-state index is 0.000332. The summed E-state index contributed by atoms with van der Waals surface area (Å²) in [5.74, 6) is -0.234. The molecular formula is C13H15Cl2NO4S. The number of nitrogens with zero attached hydrogens (tertiary/aromatic N) is 1. The Bertz CT molecular complexity index is 640. The van der Waals surface area contributed by atoms with Crippen LogP contribution in [0.3, 0.4) is 0 Å². The molecule has 0 saturated carbocycles. The average molecular weight is 352 g/mol. The van der Waals surface area contributed by atoms with Crippen LogP contribution in [0.5, 0.6) is 0 Å². The van der Waals surface area contributed by atoms with Gasteiger partial charge in [-0.2, -0.15) is 0 Å². The van der Waals surface area contributed by atoms with Crippen molar-refractivity contribution in [2.24, 2.45) is 0 Å². The highest BCUT2D eigenvalue weighted by Gasteiger charge is 2.25. The molecule has 0 atom stereocenters. The van der Waals surface area contributed by atoms with Crippen LogP contribution in [-0.2, 0) is 13.8 Å². The number of hydrogen-bond donors (Lipinski definition) is 0. The second-order valence-electron chi connectivity index (χ2n) is 4.81. The lowest BCUT2D eigenvalue weighted by Crippen LogP contribution is -2.40. The van der Waals surface area contributed by atoms with E-state index in [1.54, 1.807) is 12.0 Å². The largest absolute Gasteiger partial charge is 0.381 e. The monoisotopic (exact) mass is 351 g/mol. The number of rotatable bonds is 3. The van der Waals surface area contributed by atoms with E-state index < -0.39 is 9.05 Å². The molecule has 0 bridgehead atoms. The third kappa shape index (κ3) is 3.88. The third-order valence-corrected chi connectivity index (χ3v) is 5.31. The zero-order valence-corrected chi connectivity index (χ0v) is 13.7. The highest BCUT2D eigenvalue weighted by molar-refractivity contribution is 8.13. The lowest BCUT2D eigenvalue weighted by Gasteiger charge is -2.31. The molecule has 0 spiro atoms. The summed E-state index contributed by atoms with van der Waals surface area (Å²) in [6.45, 7) is 1.14. The van der Waals surface area contributed by atoms with E-state index in [4.69, 9.17) is 27.0 Å². The van der Waals surface area contributed by atoms with Crippen LogP contribution in [-0.4, -0.2) is 45.5 Å². The molecule has 1 aliphatic heterocycles. The molecule has 0 aliphatic carbocycles. The molecule has 2 rings (SSSR count). The van der Waals surface area contributed by atoms with Gasteiger partial charge in [0, 0.05) is 36.4 Å². The number of benzene rings is 1. The first-order valence-corrected chi connectivity index (χ1v) is 9.08. The van der Waals surface area contributed by atoms with Gasteiger partial charge in [-0.25, -0.2) is 8.42 Å². The van der Waals surface area contributed by atoms with Gasteiger partial charge in [0.15, 0.2) is 0 Å². The van der Waals surface area contributed by atoms with Crippen LogP contribution in [0.15, 0.2) is 23.1 Å². The van der Waals surface area contributed by atoms with Crippen molar-refractivity contribution in [2.45, 2.75) is 23.8 Å². The zero-order chi connectivity index (χ0) is 15.6. The van der Waals surface area contributed by atoms with Gasteiger partial charge in [-0.3, -0.25) is 4.79 Å². The maximum atomic E-state index is 12.4. The maximum absolute atomic E-state index is 12.4. The minimum Gasteiger partial charge on any atom is -0.381 e. The number of hydrogen-bond acceptors (Lipinski definition) is 4. The molecule has 21 heavy (non-hydrogen) atoms. The molecule has 1 saturated heterocycles. The minimum atomic E-state index is -3.98. The first-order valence-electron chi connectivity index (χ1n) is 6.39. The number of methoxy groups -OCH3 is 1. The average Bonchev–Trinajstić information content (AvgIpc) is 2.46. The maximum Gasteiger partial charge on any atom is 0.262 e. The third-order valence-electron chi connectivity index (χ3n) is 3.50. The van der Waals surface area contributed by atoms with Crippen LogP contribution < -0.4 is 0 Å². The van der Waals surface area contributed by atoms with E-state index >= 15 is 0 Å². The molecule has 5 nitrogen and oxygen atoms in total. The standard InChI is InChI=1S/C13H15Cl2NO4S/c1-20-10-4-6-16(7-5-10)13(17)9-2-3-11(14)12(8-9)21(15,18)19/h2-3,8,10H,4-7H2,1H3. The van der Waals surface area contributed by atoms with E-state index in [0.717, 1.165) is 12.8 Å². The topological polar surface area (TPSA) is 63.7 Å². The smallest absolute Gasteiger partial charge is 0.262 e. The molecule has 1 aromatic carbocycles. The summed E-state index contributed by atoms with van der Waals surface area (Å²) in [4.78, 5) is 13.8. The first kappa shape index (κ1) is 16.5. The van der Waals surface area contributed by atoms with Crippen LogP contribution in [0.2, 0.25) is 5.02 Å². The summed E-state index contributed by atoms with van der Waals surface area (Å²) in [5.41, 5.74) is 0.259. The van der Waals surface area contributed by atoms with Crippen molar-refractivity contribution >= 4 is 37.2 Å². The Morgan fingerprint density at radius 1 is 1.33 bits per heavy atom. The molecule has 0 unspecified atom stereocenters. The van der Waals surface area contributed by atoms with Crippen molar-refractivity contribution in [3.05, 3.63) is 28.8 Å². The molecule has 0 N–H and O–H groups in total. The molecule has 1 aliphatic rings. The van der Waals surface area contributed by atoms with E-state index in [-0.39, 0.29) is 27.5 Å². The Kier molecular flexibility index (Phi) is 5.14. The van der Waals surface area contributed by atoms with Crippen LogP contribution in [0.25, 0.3) is 0 Å². The number of amides is 1. The zero-order valence-electron chi connectivity index (χ0n) is 11.4. The van der Waals surface area contributed by atoms with Crippen LogP contribution in [0.1, 0.15) is 23.2 Å². The number of halogens is 2. The summed E-state index contributed by atoms with van der Waals surface area (Å²) in [6, 6.07) is 4.08. The number of carbonyl (C=O) groups excluding carboxylic acids is 1. The molecule has 1 amide bonds. The number of piperidine rings is 1. The Labute approximate surface area is 133 Å². The fourth-order valence-electron chi connectivity index (χ4n) is 2.30. The Morgan fingerprint density at radius 2 is 1.95 bits per heavy atom. The predicted molar refractivity (Wildman–Crippen MR) is 80.4 cm³/mol. The van der Waals surface area contributed by atoms with Crippen molar-refractivity contribution in [1.29, 1.82) is 0 Å². The van der Waals surface area contributed by atoms with Crippen molar-refractivity contribution in [3.8, 4) is 0 Å². The summed E-state index contributed by atoms with van der Waals surface area (Å²) in [5, 5.41) is -0.000332. The highest BCUT2D eigenvalue weighted by Crippen LogP contribution is 2.26. The summed E-state index contributed by atoms with van der Waals surface area (Å²) in [6.07, 6.45) is 1.69. The van der Waals surface area contributed by atoms with Crippen molar-refractivity contribution in [2.75, 3.05) is 20.2 Å². The predicted octanol–water partition coefficient (Wildman–Crippen LogP) is 2.52. The number of likely N-dealkylation sites (tertiary alicyclic amines) is 1. The summed E-state index contributed by atoms with van der Waals surface area (Å²) in [7, 11) is 2.98. The van der Waals surface area contributed by atoms with Gasteiger partial charge in [0.1, 0.15) is 4.90 Å².